The molecule has 0 aliphatic carbocycles. The maximum absolute atomic E-state index is 10.3. The van der Waals surface area contributed by atoms with E-state index in [4.69, 9.17) is 5.11 Å². The number of halogens is 1. The van der Waals surface area contributed by atoms with Gasteiger partial charge in [-0.15, -0.1) is 0 Å². The molecule has 1 aromatic rings. The number of aryl methyl sites for hydroxylation is 1. The van der Waals surface area contributed by atoms with Gasteiger partial charge in [-0.1, -0.05) is 15.9 Å². The van der Waals surface area contributed by atoms with Crippen molar-refractivity contribution in [1.82, 2.24) is 0 Å². The molecule has 1 aromatic carbocycles. The molecule has 0 aromatic heterocycles. The normalized spacial score (nSPS) is 9.86. The minimum atomic E-state index is -0.786. The zero-order valence-electron chi connectivity index (χ0n) is 7.88. The molecule has 0 bridgehead atoms. The fourth-order valence-electron chi connectivity index (χ4n) is 1.07. The van der Waals surface area contributed by atoms with Gasteiger partial charge >= 0.3 is 5.97 Å². The van der Waals surface area contributed by atoms with Gasteiger partial charge in [-0.05, 0) is 30.7 Å². The van der Waals surface area contributed by atoms with Crippen molar-refractivity contribution in [2.24, 2.45) is 0 Å². The van der Waals surface area contributed by atoms with Crippen molar-refractivity contribution >= 4 is 27.6 Å². The van der Waals surface area contributed by atoms with Gasteiger partial charge in [-0.2, -0.15) is 0 Å². The van der Waals surface area contributed by atoms with Crippen molar-refractivity contribution < 1.29 is 9.90 Å². The summed E-state index contributed by atoms with van der Waals surface area (Å²) >= 11 is 3.40. The fourth-order valence-corrected chi connectivity index (χ4v) is 1.32. The summed E-state index contributed by atoms with van der Waals surface area (Å²) in [6, 6.07) is 5.84. The number of hydrogen-bond donors (Lipinski definition) is 2. The highest BCUT2D eigenvalue weighted by Crippen LogP contribution is 2.19. The second-order valence-electron chi connectivity index (χ2n) is 3.03. The largest absolute Gasteiger partial charge is 0.481 e. The van der Waals surface area contributed by atoms with E-state index in [1.54, 1.807) is 0 Å². The highest BCUT2D eigenvalue weighted by Gasteiger charge is 1.98. The van der Waals surface area contributed by atoms with Crippen molar-refractivity contribution in [3.8, 4) is 0 Å². The number of carboxylic acid groups (broad SMARTS) is 1. The molecule has 0 saturated heterocycles. The number of carbonyl (C=O) groups is 1. The lowest BCUT2D eigenvalue weighted by Crippen LogP contribution is -2.07. The highest BCUT2D eigenvalue weighted by molar-refractivity contribution is 9.10. The molecule has 1 rings (SSSR count). The summed E-state index contributed by atoms with van der Waals surface area (Å²) in [5, 5.41) is 11.5. The van der Waals surface area contributed by atoms with Crippen LogP contribution in [0, 0.1) is 6.92 Å². The quantitative estimate of drug-likeness (QED) is 0.872. The highest BCUT2D eigenvalue weighted by atomic mass is 79.9. The van der Waals surface area contributed by atoms with Crippen LogP contribution >= 0.6 is 15.9 Å². The summed E-state index contributed by atoms with van der Waals surface area (Å²) in [5.41, 5.74) is 2.08. The maximum Gasteiger partial charge on any atom is 0.305 e. The first kappa shape index (κ1) is 11.0. The van der Waals surface area contributed by atoms with Crippen molar-refractivity contribution in [1.29, 1.82) is 0 Å². The molecule has 3 nitrogen and oxygen atoms in total. The number of carboxylic acids is 1. The van der Waals surface area contributed by atoms with Gasteiger partial charge in [0.05, 0.1) is 6.42 Å². The lowest BCUT2D eigenvalue weighted by atomic mass is 10.2. The molecule has 76 valence electrons. The summed E-state index contributed by atoms with van der Waals surface area (Å²) in [6.07, 6.45) is 0.134. The predicted molar refractivity (Wildman–Crippen MR) is 59.6 cm³/mol. The Labute approximate surface area is 91.3 Å². The van der Waals surface area contributed by atoms with Crippen LogP contribution in [0.5, 0.6) is 0 Å². The van der Waals surface area contributed by atoms with Crippen LogP contribution in [0.2, 0.25) is 0 Å². The number of anilines is 1. The van der Waals surface area contributed by atoms with Gasteiger partial charge in [0.2, 0.25) is 0 Å². The van der Waals surface area contributed by atoms with Crippen LogP contribution in [0.1, 0.15) is 12.0 Å². The molecule has 0 fully saturated rings. The van der Waals surface area contributed by atoms with Gasteiger partial charge in [0, 0.05) is 16.7 Å². The monoisotopic (exact) mass is 257 g/mol. The van der Waals surface area contributed by atoms with E-state index >= 15 is 0 Å². The van der Waals surface area contributed by atoms with E-state index < -0.39 is 5.97 Å². The first-order chi connectivity index (χ1) is 6.59. The third-order valence-electron chi connectivity index (χ3n) is 1.83. The van der Waals surface area contributed by atoms with E-state index in [0.29, 0.717) is 6.54 Å². The third kappa shape index (κ3) is 3.38. The molecular weight excluding hydrogens is 246 g/mol. The number of benzene rings is 1. The zero-order chi connectivity index (χ0) is 10.6. The van der Waals surface area contributed by atoms with Crippen molar-refractivity contribution in [3.63, 3.8) is 0 Å². The van der Waals surface area contributed by atoms with E-state index in [1.165, 1.54) is 0 Å². The molecule has 0 atom stereocenters. The first-order valence-corrected chi connectivity index (χ1v) is 5.10. The molecule has 0 radical (unpaired) electrons. The van der Waals surface area contributed by atoms with Crippen LogP contribution in [0.4, 0.5) is 5.69 Å². The smallest absolute Gasteiger partial charge is 0.305 e. The molecule has 0 saturated carbocycles. The summed E-state index contributed by atoms with van der Waals surface area (Å²) < 4.78 is 1.06. The van der Waals surface area contributed by atoms with Crippen LogP contribution in [0.25, 0.3) is 0 Å². The Bertz CT molecular complexity index is 339. The van der Waals surface area contributed by atoms with E-state index in [2.05, 4.69) is 21.2 Å². The first-order valence-electron chi connectivity index (χ1n) is 4.31. The Morgan fingerprint density at radius 3 is 2.86 bits per heavy atom. The average molecular weight is 258 g/mol. The van der Waals surface area contributed by atoms with Crippen LogP contribution < -0.4 is 5.32 Å². The van der Waals surface area contributed by atoms with Crippen LogP contribution in [-0.2, 0) is 4.79 Å². The minimum absolute atomic E-state index is 0.134. The van der Waals surface area contributed by atoms with Crippen LogP contribution in [-0.4, -0.2) is 17.6 Å². The molecule has 0 aliphatic heterocycles. The minimum Gasteiger partial charge on any atom is -0.481 e. The van der Waals surface area contributed by atoms with E-state index in [0.717, 1.165) is 15.7 Å². The summed E-state index contributed by atoms with van der Waals surface area (Å²) in [7, 11) is 0. The molecular formula is C10H12BrNO2. The molecule has 0 unspecified atom stereocenters. The Hall–Kier alpha value is -1.03. The third-order valence-corrected chi connectivity index (χ3v) is 2.72. The number of rotatable bonds is 4. The van der Waals surface area contributed by atoms with Gasteiger partial charge in [0.1, 0.15) is 0 Å². The summed E-state index contributed by atoms with van der Waals surface area (Å²) in [4.78, 5) is 10.3. The zero-order valence-corrected chi connectivity index (χ0v) is 9.47. The number of nitrogens with one attached hydrogen (secondary N) is 1. The molecule has 0 amide bonds. The summed E-state index contributed by atoms with van der Waals surface area (Å²) in [5.74, 6) is -0.786. The van der Waals surface area contributed by atoms with Gasteiger partial charge in [-0.25, -0.2) is 0 Å². The fraction of sp³-hybridized carbons (Fsp3) is 0.300. The topological polar surface area (TPSA) is 49.3 Å². The second kappa shape index (κ2) is 5.00. The van der Waals surface area contributed by atoms with Gasteiger partial charge in [0.25, 0.3) is 0 Å². The number of hydrogen-bond acceptors (Lipinski definition) is 2. The molecule has 0 heterocycles. The van der Waals surface area contributed by atoms with Crippen molar-refractivity contribution in [2.75, 3.05) is 11.9 Å². The van der Waals surface area contributed by atoms with Gasteiger partial charge in [-0.3, -0.25) is 4.79 Å². The summed E-state index contributed by atoms with van der Waals surface area (Å²) in [6.45, 7) is 2.45. The standard InChI is InChI=1S/C10H12BrNO2/c1-7-6-8(2-3-9(7)11)12-5-4-10(13)14/h2-3,6,12H,4-5H2,1H3,(H,13,14). The molecule has 14 heavy (non-hydrogen) atoms. The van der Waals surface area contributed by atoms with Gasteiger partial charge < -0.3 is 10.4 Å². The molecule has 4 heteroatoms. The Balaban J connectivity index is 2.51. The van der Waals surface area contributed by atoms with Gasteiger partial charge in [0.15, 0.2) is 0 Å². The van der Waals surface area contributed by atoms with Crippen LogP contribution in [0.15, 0.2) is 22.7 Å². The lowest BCUT2D eigenvalue weighted by molar-refractivity contribution is -0.136. The predicted octanol–water partition coefficient (Wildman–Crippen LogP) is 2.64. The SMILES string of the molecule is Cc1cc(NCCC(=O)O)ccc1Br. The molecule has 0 aliphatic rings. The Kier molecular flexibility index (Phi) is 3.95. The molecule has 0 spiro atoms. The Morgan fingerprint density at radius 1 is 1.57 bits per heavy atom. The maximum atomic E-state index is 10.3. The van der Waals surface area contributed by atoms with Crippen LogP contribution in [0.3, 0.4) is 0 Å². The van der Waals surface area contributed by atoms with E-state index in [9.17, 15) is 4.79 Å². The average Bonchev–Trinajstić information content (AvgIpc) is 2.10. The second-order valence-corrected chi connectivity index (χ2v) is 3.89. The number of aliphatic carboxylic acids is 1. The van der Waals surface area contributed by atoms with Crippen molar-refractivity contribution in [3.05, 3.63) is 28.2 Å². The van der Waals surface area contributed by atoms with E-state index in [-0.39, 0.29) is 6.42 Å². The van der Waals surface area contributed by atoms with Crippen molar-refractivity contribution in [2.45, 2.75) is 13.3 Å². The lowest BCUT2D eigenvalue weighted by Gasteiger charge is -2.06. The Morgan fingerprint density at radius 2 is 2.29 bits per heavy atom. The van der Waals surface area contributed by atoms with E-state index in [1.807, 2.05) is 25.1 Å². The molecule has 2 N–H and O–H groups in total.